The first-order chi connectivity index (χ1) is 11.7. The summed E-state index contributed by atoms with van der Waals surface area (Å²) in [4.78, 5) is 16.4. The number of nitrogens with one attached hydrogen (secondary N) is 1. The Morgan fingerprint density at radius 2 is 2.12 bits per heavy atom. The molecule has 0 atom stereocenters. The molecule has 122 valence electrons. The van der Waals surface area contributed by atoms with Gasteiger partial charge in [0.2, 0.25) is 6.79 Å². The molecule has 1 amide bonds. The minimum absolute atomic E-state index is 0.175. The third-order valence-corrected chi connectivity index (χ3v) is 3.91. The van der Waals surface area contributed by atoms with Gasteiger partial charge in [0.1, 0.15) is 0 Å². The summed E-state index contributed by atoms with van der Waals surface area (Å²) in [6, 6.07) is 7.52. The van der Waals surface area contributed by atoms with E-state index in [9.17, 15) is 4.79 Å². The molecular weight excluding hydrogens is 310 g/mol. The summed E-state index contributed by atoms with van der Waals surface area (Å²) >= 11 is 0. The van der Waals surface area contributed by atoms with E-state index < -0.39 is 0 Å². The minimum Gasteiger partial charge on any atom is -0.454 e. The predicted octanol–water partition coefficient (Wildman–Crippen LogP) is 2.23. The highest BCUT2D eigenvalue weighted by molar-refractivity contribution is 5.96. The Hall–Kier alpha value is -3.09. The molecule has 7 heteroatoms. The number of hydrogen-bond donors (Lipinski definition) is 1. The number of aryl methyl sites for hydroxylation is 1. The van der Waals surface area contributed by atoms with Gasteiger partial charge in [-0.2, -0.15) is 0 Å². The number of rotatable bonds is 4. The van der Waals surface area contributed by atoms with E-state index >= 15 is 0 Å². The van der Waals surface area contributed by atoms with Gasteiger partial charge in [-0.1, -0.05) is 11.2 Å². The second-order valence-electron chi connectivity index (χ2n) is 5.54. The highest BCUT2D eigenvalue weighted by Crippen LogP contribution is 2.32. The quantitative estimate of drug-likeness (QED) is 0.791. The molecule has 3 aromatic rings. The lowest BCUT2D eigenvalue weighted by Crippen LogP contribution is -2.25. The minimum atomic E-state index is -0.175. The Bertz CT molecular complexity index is 919. The summed E-state index contributed by atoms with van der Waals surface area (Å²) in [5.41, 5.74) is 2.71. The second-order valence-corrected chi connectivity index (χ2v) is 5.54. The molecule has 3 heterocycles. The van der Waals surface area contributed by atoms with Crippen LogP contribution < -0.4 is 14.8 Å². The Labute approximate surface area is 137 Å². The molecule has 1 aromatic carbocycles. The lowest BCUT2D eigenvalue weighted by molar-refractivity contribution is 0.0954. The number of amides is 1. The molecule has 0 radical (unpaired) electrons. The molecule has 0 aliphatic carbocycles. The number of hydrogen-bond acceptors (Lipinski definition) is 6. The average molecular weight is 325 g/mol. The summed E-state index contributed by atoms with van der Waals surface area (Å²) in [5.74, 6) is 1.33. The Balaban J connectivity index is 1.39. The van der Waals surface area contributed by atoms with Crippen molar-refractivity contribution in [2.45, 2.75) is 13.3 Å². The van der Waals surface area contributed by atoms with Crippen LogP contribution in [0.25, 0.3) is 11.1 Å². The molecule has 0 unspecified atom stereocenters. The molecule has 2 aromatic heterocycles. The maximum Gasteiger partial charge on any atom is 0.257 e. The number of fused-ring (bicyclic) bond motifs is 2. The van der Waals surface area contributed by atoms with Gasteiger partial charge >= 0.3 is 0 Å². The number of ether oxygens (including phenoxy) is 2. The van der Waals surface area contributed by atoms with Crippen molar-refractivity contribution < 1.29 is 18.8 Å². The third kappa shape index (κ3) is 2.64. The summed E-state index contributed by atoms with van der Waals surface area (Å²) in [6.07, 6.45) is 2.19. The SMILES string of the molecule is Cc1noc2ncc(C(=O)NCCc3ccc4c(c3)OCO4)cc12. The molecule has 0 saturated heterocycles. The molecular formula is C17H15N3O4. The van der Waals surface area contributed by atoms with Crippen LogP contribution in [-0.4, -0.2) is 29.4 Å². The first-order valence-electron chi connectivity index (χ1n) is 7.59. The van der Waals surface area contributed by atoms with Crippen LogP contribution in [-0.2, 0) is 6.42 Å². The van der Waals surface area contributed by atoms with Crippen molar-refractivity contribution in [3.8, 4) is 11.5 Å². The zero-order valence-corrected chi connectivity index (χ0v) is 13.0. The van der Waals surface area contributed by atoms with Crippen molar-refractivity contribution in [1.82, 2.24) is 15.5 Å². The van der Waals surface area contributed by atoms with Gasteiger partial charge in [-0.3, -0.25) is 4.79 Å². The average Bonchev–Trinajstić information content (AvgIpc) is 3.21. The second kappa shape index (κ2) is 5.84. The van der Waals surface area contributed by atoms with Crippen LogP contribution in [0.5, 0.6) is 11.5 Å². The van der Waals surface area contributed by atoms with Gasteiger partial charge in [-0.05, 0) is 37.1 Å². The standard InChI is InChI=1S/C17H15N3O4/c1-10-13-7-12(8-19-17(13)24-20-10)16(21)18-5-4-11-2-3-14-15(6-11)23-9-22-14/h2-3,6-8H,4-5,9H2,1H3,(H,18,21). The monoisotopic (exact) mass is 325 g/mol. The number of benzene rings is 1. The van der Waals surface area contributed by atoms with Gasteiger partial charge in [0.25, 0.3) is 11.6 Å². The van der Waals surface area contributed by atoms with Crippen molar-refractivity contribution >= 4 is 17.0 Å². The number of pyridine rings is 1. The van der Waals surface area contributed by atoms with Crippen LogP contribution in [0.3, 0.4) is 0 Å². The lowest BCUT2D eigenvalue weighted by atomic mass is 10.1. The van der Waals surface area contributed by atoms with E-state index in [-0.39, 0.29) is 12.7 Å². The fourth-order valence-electron chi connectivity index (χ4n) is 2.59. The van der Waals surface area contributed by atoms with E-state index in [0.717, 1.165) is 22.4 Å². The molecule has 1 N–H and O–H groups in total. The highest BCUT2D eigenvalue weighted by atomic mass is 16.7. The molecule has 0 bridgehead atoms. The number of carbonyl (C=O) groups excluding carboxylic acids is 1. The van der Waals surface area contributed by atoms with Gasteiger partial charge in [0, 0.05) is 12.7 Å². The molecule has 7 nitrogen and oxygen atoms in total. The van der Waals surface area contributed by atoms with Crippen LogP contribution in [0.15, 0.2) is 35.0 Å². The molecule has 0 fully saturated rings. The molecule has 4 rings (SSSR count). The maximum atomic E-state index is 12.3. The summed E-state index contributed by atoms with van der Waals surface area (Å²) in [7, 11) is 0. The molecule has 1 aliphatic rings. The van der Waals surface area contributed by atoms with Gasteiger partial charge in [-0.15, -0.1) is 0 Å². The van der Waals surface area contributed by atoms with Crippen molar-refractivity contribution in [2.75, 3.05) is 13.3 Å². The highest BCUT2D eigenvalue weighted by Gasteiger charge is 2.14. The predicted molar refractivity (Wildman–Crippen MR) is 85.1 cm³/mol. The molecule has 0 spiro atoms. The zero-order valence-electron chi connectivity index (χ0n) is 13.0. The molecule has 1 aliphatic heterocycles. The largest absolute Gasteiger partial charge is 0.454 e. The van der Waals surface area contributed by atoms with Crippen LogP contribution in [0.2, 0.25) is 0 Å². The fourth-order valence-corrected chi connectivity index (χ4v) is 2.59. The molecule has 0 saturated carbocycles. The Morgan fingerprint density at radius 1 is 1.25 bits per heavy atom. The van der Waals surface area contributed by atoms with Crippen LogP contribution in [0.4, 0.5) is 0 Å². The van der Waals surface area contributed by atoms with E-state index in [0.29, 0.717) is 29.9 Å². The number of aromatic nitrogens is 2. The van der Waals surface area contributed by atoms with Crippen molar-refractivity contribution in [3.63, 3.8) is 0 Å². The van der Waals surface area contributed by atoms with E-state index in [1.54, 1.807) is 6.07 Å². The summed E-state index contributed by atoms with van der Waals surface area (Å²) < 4.78 is 15.7. The van der Waals surface area contributed by atoms with E-state index in [2.05, 4.69) is 15.5 Å². The first kappa shape index (κ1) is 14.5. The van der Waals surface area contributed by atoms with Crippen molar-refractivity contribution in [1.29, 1.82) is 0 Å². The van der Waals surface area contributed by atoms with E-state index in [1.807, 2.05) is 25.1 Å². The Kier molecular flexibility index (Phi) is 3.53. The number of carbonyl (C=O) groups is 1. The normalized spacial score (nSPS) is 12.5. The van der Waals surface area contributed by atoms with Crippen molar-refractivity contribution in [2.24, 2.45) is 0 Å². The maximum absolute atomic E-state index is 12.3. The zero-order chi connectivity index (χ0) is 16.5. The van der Waals surface area contributed by atoms with Gasteiger partial charge < -0.3 is 19.3 Å². The summed E-state index contributed by atoms with van der Waals surface area (Å²) in [6.45, 7) is 2.58. The van der Waals surface area contributed by atoms with Gasteiger partial charge in [0.15, 0.2) is 11.5 Å². The first-order valence-corrected chi connectivity index (χ1v) is 7.59. The smallest absolute Gasteiger partial charge is 0.257 e. The third-order valence-electron chi connectivity index (χ3n) is 3.91. The van der Waals surface area contributed by atoms with Crippen LogP contribution >= 0.6 is 0 Å². The lowest BCUT2D eigenvalue weighted by Gasteiger charge is -2.06. The van der Waals surface area contributed by atoms with Crippen LogP contribution in [0.1, 0.15) is 21.6 Å². The topological polar surface area (TPSA) is 86.5 Å². The molecule has 24 heavy (non-hydrogen) atoms. The van der Waals surface area contributed by atoms with E-state index in [4.69, 9.17) is 14.0 Å². The van der Waals surface area contributed by atoms with Crippen LogP contribution in [0, 0.1) is 6.92 Å². The van der Waals surface area contributed by atoms with E-state index in [1.165, 1.54) is 6.20 Å². The van der Waals surface area contributed by atoms with Gasteiger partial charge in [-0.25, -0.2) is 4.98 Å². The summed E-state index contributed by atoms with van der Waals surface area (Å²) in [5, 5.41) is 7.47. The Morgan fingerprint density at radius 3 is 3.04 bits per heavy atom. The number of nitrogens with zero attached hydrogens (tertiary/aromatic N) is 2. The van der Waals surface area contributed by atoms with Crippen molar-refractivity contribution in [3.05, 3.63) is 47.3 Å². The fraction of sp³-hybridized carbons (Fsp3) is 0.235. The van der Waals surface area contributed by atoms with Gasteiger partial charge in [0.05, 0.1) is 16.6 Å².